The van der Waals surface area contributed by atoms with Crippen LogP contribution in [0.4, 0.5) is 0 Å². The molecule has 4 N–H and O–H groups in total. The van der Waals surface area contributed by atoms with Gasteiger partial charge in [-0.3, -0.25) is 0 Å². The molecular formula is H38Na34O2. The maximum atomic E-state index is 0. The standard InChI is InChI=1S/34Na.2H2O.34H/h;;;;;;;;;;;;;;;;;;;;;;;;;;;;;;;;;;2*1H2;;;;;;;;;;;;;;;;;;;;;;;;;;;;;;;;;;. The van der Waals surface area contributed by atoms with Gasteiger partial charge in [-0.25, -0.2) is 0 Å². The van der Waals surface area contributed by atoms with Crippen molar-refractivity contribution >= 4 is 1000 Å². The first-order valence-corrected chi connectivity index (χ1v) is 0. The topological polar surface area (TPSA) is 63.0 Å². The van der Waals surface area contributed by atoms with Crippen molar-refractivity contribution in [1.82, 2.24) is 0 Å². The monoisotopic (exact) mass is 852 g/mol. The molecule has 0 aliphatic heterocycles. The summed E-state index contributed by atoms with van der Waals surface area (Å²) >= 11 is 0. The van der Waals surface area contributed by atoms with Crippen molar-refractivity contribution in [3.05, 3.63) is 0 Å². The van der Waals surface area contributed by atoms with Crippen molar-refractivity contribution in [3.63, 3.8) is 0 Å². The molecule has 0 fully saturated rings. The first-order valence-electron chi connectivity index (χ1n) is 0. The molecule has 0 unspecified atom stereocenters. The third kappa shape index (κ3) is 264. The Balaban J connectivity index is 0. The van der Waals surface area contributed by atoms with Gasteiger partial charge in [0.2, 0.25) is 0 Å². The third-order valence-electron chi connectivity index (χ3n) is 0. The van der Waals surface area contributed by atoms with E-state index in [9.17, 15) is 0 Å². The number of hydrogen-bond donors (Lipinski definition) is 0. The number of rotatable bonds is 0. The van der Waals surface area contributed by atoms with E-state index in [-0.39, 0.29) is 1020 Å². The van der Waals surface area contributed by atoms with Crippen molar-refractivity contribution < 1.29 is 11.0 Å². The fraction of sp³-hybridized carbons (Fsp3) is 0. The Labute approximate surface area is 978 Å². The summed E-state index contributed by atoms with van der Waals surface area (Å²) in [7, 11) is 0. The molecule has 36 heavy (non-hydrogen) atoms. The minimum atomic E-state index is 0. The third-order valence-corrected chi connectivity index (χ3v) is 0. The molecule has 36 heteroatoms. The van der Waals surface area contributed by atoms with E-state index >= 15 is 0 Å². The second kappa shape index (κ2) is 276. The Bertz CT molecular complexity index is 11.1. The molecule has 0 aromatic heterocycles. The Morgan fingerprint density at radius 1 is 0.0556 bits per heavy atom. The molecule has 0 spiro atoms. The van der Waals surface area contributed by atoms with Crippen LogP contribution in [0.2, 0.25) is 0 Å². The number of hydrogen-bond acceptors (Lipinski definition) is 0. The summed E-state index contributed by atoms with van der Waals surface area (Å²) in [6.45, 7) is 0. The van der Waals surface area contributed by atoms with E-state index in [4.69, 9.17) is 0 Å². The minimum absolute atomic E-state index is 0. The predicted molar refractivity (Wildman–Crippen MR) is 250 cm³/mol. The van der Waals surface area contributed by atoms with Crippen molar-refractivity contribution in [3.8, 4) is 0 Å². The Morgan fingerprint density at radius 2 is 0.0556 bits per heavy atom. The van der Waals surface area contributed by atoms with Gasteiger partial charge in [0, 0.05) is 0 Å². The Morgan fingerprint density at radius 3 is 0.0556 bits per heavy atom. The molecule has 0 rings (SSSR count). The zero-order valence-electron chi connectivity index (χ0n) is 1.00. The van der Waals surface area contributed by atoms with Crippen LogP contribution in [0, 0.1) is 0 Å². The quantitative estimate of drug-likeness (QED) is 0.218. The van der Waals surface area contributed by atoms with E-state index < -0.39 is 0 Å². The van der Waals surface area contributed by atoms with Gasteiger partial charge in [-0.05, 0) is 0 Å². The van der Waals surface area contributed by atoms with Gasteiger partial charge in [0.05, 0.1) is 0 Å². The summed E-state index contributed by atoms with van der Waals surface area (Å²) in [6, 6.07) is 0. The molecule has 0 aromatic rings. The van der Waals surface area contributed by atoms with Crippen molar-refractivity contribution in [1.29, 1.82) is 0 Å². The summed E-state index contributed by atoms with van der Waals surface area (Å²) < 4.78 is 0. The van der Waals surface area contributed by atoms with Gasteiger partial charge in [-0.2, -0.15) is 0 Å². The van der Waals surface area contributed by atoms with Crippen molar-refractivity contribution in [2.45, 2.75) is 0 Å². The second-order valence-electron chi connectivity index (χ2n) is 0. The van der Waals surface area contributed by atoms with Crippen molar-refractivity contribution in [2.24, 2.45) is 0 Å². The first kappa shape index (κ1) is 289. The zero-order chi connectivity index (χ0) is 0. The summed E-state index contributed by atoms with van der Waals surface area (Å²) in [6.07, 6.45) is 0. The van der Waals surface area contributed by atoms with Gasteiger partial charge in [-0.15, -0.1) is 0 Å². The Kier molecular flexibility index (Phi) is 2220. The van der Waals surface area contributed by atoms with Gasteiger partial charge in [0.15, 0.2) is 0 Å². The van der Waals surface area contributed by atoms with Gasteiger partial charge in [0.1, 0.15) is 0 Å². The van der Waals surface area contributed by atoms with Crippen LogP contribution in [0.15, 0.2) is 0 Å². The summed E-state index contributed by atoms with van der Waals surface area (Å²) in [5.74, 6) is 0. The Hall–Kier alpha value is 33.9. The molecule has 0 aliphatic carbocycles. The maximum absolute atomic E-state index is 0. The average Bonchev–Trinajstić information content (AvgIpc) is 0. The van der Waals surface area contributed by atoms with Gasteiger partial charge in [-0.1, -0.05) is 0 Å². The van der Waals surface area contributed by atoms with Crippen molar-refractivity contribution in [2.75, 3.05) is 0 Å². The van der Waals surface area contributed by atoms with Crippen LogP contribution in [0.5, 0.6) is 0 Å². The van der Waals surface area contributed by atoms with Gasteiger partial charge >= 0.3 is 1000 Å². The van der Waals surface area contributed by atoms with Crippen LogP contribution in [0.25, 0.3) is 0 Å². The average molecular weight is 852 g/mol. The fourth-order valence-electron chi connectivity index (χ4n) is 0. The summed E-state index contributed by atoms with van der Waals surface area (Å²) in [5, 5.41) is 0. The second-order valence-corrected chi connectivity index (χ2v) is 0. The van der Waals surface area contributed by atoms with Crippen LogP contribution in [0.3, 0.4) is 0 Å². The SMILES string of the molecule is O.O.[NaH].[NaH].[NaH].[NaH].[NaH].[NaH].[NaH].[NaH].[NaH].[NaH].[NaH].[NaH].[NaH].[NaH].[NaH].[NaH].[NaH].[NaH].[NaH].[NaH].[NaH].[NaH].[NaH].[NaH].[NaH].[NaH].[NaH].[NaH].[NaH].[NaH].[NaH].[NaH].[NaH].[NaH]. The predicted octanol–water partition coefficient (Wildman–Crippen LogP) is -23.7. The molecule has 0 aliphatic rings. The van der Waals surface area contributed by atoms with E-state index in [2.05, 4.69) is 0 Å². The fourth-order valence-corrected chi connectivity index (χ4v) is 0. The van der Waals surface area contributed by atoms with Crippen LogP contribution in [-0.4, -0.2) is 1020 Å². The van der Waals surface area contributed by atoms with Gasteiger partial charge < -0.3 is 11.0 Å². The molecule has 0 heterocycles. The molecule has 0 bridgehead atoms. The molecule has 2 nitrogen and oxygen atoms in total. The molecule has 0 aromatic carbocycles. The van der Waals surface area contributed by atoms with E-state index in [1.807, 2.05) is 0 Å². The summed E-state index contributed by atoms with van der Waals surface area (Å²) in [5.41, 5.74) is 0. The van der Waals surface area contributed by atoms with Crippen LogP contribution in [-0.2, 0) is 0 Å². The molecule has 0 amide bonds. The van der Waals surface area contributed by atoms with E-state index in [1.165, 1.54) is 0 Å². The molecule has 0 atom stereocenters. The molecule has 0 saturated carbocycles. The molecular weight excluding hydrogens is 814 g/mol. The first-order chi connectivity index (χ1) is 0. The zero-order valence-corrected chi connectivity index (χ0v) is 1.00. The van der Waals surface area contributed by atoms with E-state index in [0.717, 1.165) is 0 Å². The van der Waals surface area contributed by atoms with E-state index in [0.29, 0.717) is 0 Å². The normalized spacial score (nSPS) is 0. The molecule has 0 saturated heterocycles. The molecule has 84 valence electrons. The van der Waals surface area contributed by atoms with Gasteiger partial charge in [0.25, 0.3) is 0 Å². The van der Waals surface area contributed by atoms with Crippen LogP contribution < -0.4 is 0 Å². The van der Waals surface area contributed by atoms with Crippen LogP contribution >= 0.6 is 0 Å². The molecule has 0 radical (unpaired) electrons. The van der Waals surface area contributed by atoms with Crippen LogP contribution in [0.1, 0.15) is 0 Å². The summed E-state index contributed by atoms with van der Waals surface area (Å²) in [4.78, 5) is 0. The van der Waals surface area contributed by atoms with E-state index in [1.54, 1.807) is 0 Å².